The van der Waals surface area contributed by atoms with Crippen LogP contribution >= 0.6 is 0 Å². The van der Waals surface area contributed by atoms with E-state index in [9.17, 15) is 10.2 Å². The molecule has 4 rings (SSSR count). The zero-order valence-corrected chi connectivity index (χ0v) is 20.2. The third-order valence-corrected chi connectivity index (χ3v) is 6.57. The van der Waals surface area contributed by atoms with Gasteiger partial charge in [0.2, 0.25) is 0 Å². The number of unbranched alkanes of at least 4 members (excludes halogenated alkanes) is 3. The largest absolute Gasteiger partial charge is 0.507 e. The summed E-state index contributed by atoms with van der Waals surface area (Å²) >= 11 is 0. The summed E-state index contributed by atoms with van der Waals surface area (Å²) in [6.45, 7) is 3.96. The van der Waals surface area contributed by atoms with Crippen molar-refractivity contribution in [2.24, 2.45) is 0 Å². The van der Waals surface area contributed by atoms with Crippen molar-refractivity contribution >= 4 is 0 Å². The Morgan fingerprint density at radius 1 is 0.500 bits per heavy atom. The quantitative estimate of drug-likeness (QED) is 0.251. The molecular formula is C32H34O2. The van der Waals surface area contributed by atoms with Gasteiger partial charge in [0.25, 0.3) is 0 Å². The highest BCUT2D eigenvalue weighted by Gasteiger charge is 2.10. The van der Waals surface area contributed by atoms with Crippen molar-refractivity contribution < 1.29 is 10.2 Å². The molecule has 0 bridgehead atoms. The Kier molecular flexibility index (Phi) is 7.69. The standard InChI is InChI=1S/C32H34O2/c1-23-19-25(21-29(31(23)33)27-15-9-5-10-16-27)13-7-3-4-8-14-26-20-24(2)32(34)30(22-26)28-17-11-6-12-18-28/h5-6,9-12,15-22,33-34H,3-4,7-8,13-14H2,1-2H3. The van der Waals surface area contributed by atoms with Crippen molar-refractivity contribution in [2.45, 2.75) is 52.4 Å². The number of benzene rings is 4. The Balaban J connectivity index is 1.31. The minimum Gasteiger partial charge on any atom is -0.507 e. The lowest BCUT2D eigenvalue weighted by molar-refractivity contribution is 0.472. The molecule has 0 atom stereocenters. The third-order valence-electron chi connectivity index (χ3n) is 6.57. The normalized spacial score (nSPS) is 11.0. The fourth-order valence-corrected chi connectivity index (χ4v) is 4.68. The van der Waals surface area contributed by atoms with Crippen LogP contribution < -0.4 is 0 Å². The molecular weight excluding hydrogens is 416 g/mol. The van der Waals surface area contributed by atoms with E-state index in [0.717, 1.165) is 59.1 Å². The molecule has 0 aliphatic carbocycles. The highest BCUT2D eigenvalue weighted by Crippen LogP contribution is 2.35. The van der Waals surface area contributed by atoms with E-state index in [-0.39, 0.29) is 0 Å². The topological polar surface area (TPSA) is 40.5 Å². The molecule has 0 aromatic heterocycles. The summed E-state index contributed by atoms with van der Waals surface area (Å²) in [5.41, 5.74) is 8.42. The van der Waals surface area contributed by atoms with Crippen LogP contribution in [0, 0.1) is 13.8 Å². The van der Waals surface area contributed by atoms with Crippen LogP contribution in [-0.4, -0.2) is 10.2 Å². The molecule has 2 nitrogen and oxygen atoms in total. The maximum atomic E-state index is 10.5. The van der Waals surface area contributed by atoms with Crippen LogP contribution in [0.5, 0.6) is 11.5 Å². The van der Waals surface area contributed by atoms with Crippen LogP contribution in [0.1, 0.15) is 47.9 Å². The molecule has 0 unspecified atom stereocenters. The van der Waals surface area contributed by atoms with Gasteiger partial charge in [-0.2, -0.15) is 0 Å². The molecule has 2 heteroatoms. The number of aryl methyl sites for hydroxylation is 4. The van der Waals surface area contributed by atoms with Gasteiger partial charge in [-0.05, 0) is 85.0 Å². The van der Waals surface area contributed by atoms with E-state index < -0.39 is 0 Å². The fourth-order valence-electron chi connectivity index (χ4n) is 4.68. The van der Waals surface area contributed by atoms with Gasteiger partial charge in [-0.15, -0.1) is 0 Å². The van der Waals surface area contributed by atoms with Crippen molar-refractivity contribution in [3.8, 4) is 33.8 Å². The Labute approximate surface area is 203 Å². The smallest absolute Gasteiger partial charge is 0.126 e. The average molecular weight is 451 g/mol. The second kappa shape index (κ2) is 11.1. The van der Waals surface area contributed by atoms with Crippen molar-refractivity contribution in [2.75, 3.05) is 0 Å². The molecule has 0 heterocycles. The minimum absolute atomic E-state index is 0.383. The average Bonchev–Trinajstić information content (AvgIpc) is 2.86. The summed E-state index contributed by atoms with van der Waals surface area (Å²) in [6.07, 6.45) is 6.70. The van der Waals surface area contributed by atoms with Crippen molar-refractivity contribution in [3.63, 3.8) is 0 Å². The van der Waals surface area contributed by atoms with Crippen LogP contribution in [0.3, 0.4) is 0 Å². The molecule has 0 fully saturated rings. The van der Waals surface area contributed by atoms with Gasteiger partial charge in [-0.3, -0.25) is 0 Å². The van der Waals surface area contributed by atoms with Crippen molar-refractivity contribution in [1.82, 2.24) is 0 Å². The highest BCUT2D eigenvalue weighted by molar-refractivity contribution is 5.73. The molecule has 0 saturated carbocycles. The van der Waals surface area contributed by atoms with Crippen molar-refractivity contribution in [3.05, 3.63) is 107 Å². The van der Waals surface area contributed by atoms with E-state index in [1.54, 1.807) is 0 Å². The molecule has 0 aliphatic heterocycles. The van der Waals surface area contributed by atoms with Gasteiger partial charge >= 0.3 is 0 Å². The highest BCUT2D eigenvalue weighted by atomic mass is 16.3. The van der Waals surface area contributed by atoms with Gasteiger partial charge in [0.1, 0.15) is 11.5 Å². The molecule has 0 amide bonds. The number of phenolic OH excluding ortho intramolecular Hbond substituents is 2. The first kappa shape index (κ1) is 23.6. The summed E-state index contributed by atoms with van der Waals surface area (Å²) in [7, 11) is 0. The third kappa shape index (κ3) is 5.69. The number of phenols is 2. The zero-order valence-electron chi connectivity index (χ0n) is 20.2. The summed E-state index contributed by atoms with van der Waals surface area (Å²) < 4.78 is 0. The monoisotopic (exact) mass is 450 g/mol. The zero-order chi connectivity index (χ0) is 23.9. The Morgan fingerprint density at radius 3 is 1.26 bits per heavy atom. The van der Waals surface area contributed by atoms with E-state index in [2.05, 4.69) is 24.3 Å². The van der Waals surface area contributed by atoms with E-state index >= 15 is 0 Å². The molecule has 34 heavy (non-hydrogen) atoms. The van der Waals surface area contributed by atoms with E-state index in [4.69, 9.17) is 0 Å². The first-order valence-electron chi connectivity index (χ1n) is 12.3. The number of hydrogen-bond acceptors (Lipinski definition) is 2. The van der Waals surface area contributed by atoms with Gasteiger partial charge in [0.15, 0.2) is 0 Å². The molecule has 174 valence electrons. The first-order chi connectivity index (χ1) is 16.5. The molecule has 0 aliphatic rings. The molecule has 0 saturated heterocycles. The Hall–Kier alpha value is -3.52. The SMILES string of the molecule is Cc1cc(CCCCCCc2cc(C)c(O)c(-c3ccccc3)c2)cc(-c2ccccc2)c1O. The molecule has 2 N–H and O–H groups in total. The van der Waals surface area contributed by atoms with Crippen molar-refractivity contribution in [1.29, 1.82) is 0 Å². The van der Waals surface area contributed by atoms with E-state index in [0.29, 0.717) is 11.5 Å². The predicted molar refractivity (Wildman–Crippen MR) is 142 cm³/mol. The lowest BCUT2D eigenvalue weighted by atomic mass is 9.95. The second-order valence-corrected chi connectivity index (χ2v) is 9.26. The van der Waals surface area contributed by atoms with Gasteiger partial charge < -0.3 is 10.2 Å². The summed E-state index contributed by atoms with van der Waals surface area (Å²) in [6, 6.07) is 28.7. The first-order valence-corrected chi connectivity index (χ1v) is 12.3. The van der Waals surface area contributed by atoms with Gasteiger partial charge in [0.05, 0.1) is 0 Å². The summed E-state index contributed by atoms with van der Waals surface area (Å²) in [5.74, 6) is 0.767. The van der Waals surface area contributed by atoms with Gasteiger partial charge in [-0.25, -0.2) is 0 Å². The predicted octanol–water partition coefficient (Wildman–Crippen LogP) is 8.39. The fraction of sp³-hybridized carbons (Fsp3) is 0.250. The van der Waals surface area contributed by atoms with E-state index in [1.165, 1.54) is 24.0 Å². The maximum absolute atomic E-state index is 10.5. The maximum Gasteiger partial charge on any atom is 0.126 e. The van der Waals surface area contributed by atoms with Crippen LogP contribution in [-0.2, 0) is 12.8 Å². The Bertz CT molecular complexity index is 1130. The lowest BCUT2D eigenvalue weighted by Crippen LogP contribution is -1.93. The van der Waals surface area contributed by atoms with Crippen LogP contribution in [0.2, 0.25) is 0 Å². The van der Waals surface area contributed by atoms with Crippen LogP contribution in [0.25, 0.3) is 22.3 Å². The van der Waals surface area contributed by atoms with Gasteiger partial charge in [-0.1, -0.05) is 85.6 Å². The second-order valence-electron chi connectivity index (χ2n) is 9.26. The Morgan fingerprint density at radius 2 is 0.882 bits per heavy atom. The lowest BCUT2D eigenvalue weighted by Gasteiger charge is -2.12. The van der Waals surface area contributed by atoms with E-state index in [1.807, 2.05) is 74.5 Å². The van der Waals surface area contributed by atoms with Gasteiger partial charge in [0, 0.05) is 11.1 Å². The molecule has 0 spiro atoms. The number of hydrogen-bond donors (Lipinski definition) is 2. The summed E-state index contributed by atoms with van der Waals surface area (Å²) in [5, 5.41) is 21.1. The number of aromatic hydroxyl groups is 2. The number of rotatable bonds is 9. The molecule has 4 aromatic carbocycles. The van der Waals surface area contributed by atoms with Crippen LogP contribution in [0.4, 0.5) is 0 Å². The van der Waals surface area contributed by atoms with Crippen LogP contribution in [0.15, 0.2) is 84.9 Å². The molecule has 4 aromatic rings. The minimum atomic E-state index is 0.383. The molecule has 0 radical (unpaired) electrons. The summed E-state index contributed by atoms with van der Waals surface area (Å²) in [4.78, 5) is 0.